The Hall–Kier alpha value is -1.64. The monoisotopic (exact) mass is 393 g/mol. The van der Waals surface area contributed by atoms with E-state index < -0.39 is 15.6 Å². The Morgan fingerprint density at radius 3 is 2.59 bits per heavy atom. The van der Waals surface area contributed by atoms with Crippen LogP contribution in [0.1, 0.15) is 32.6 Å². The quantitative estimate of drug-likeness (QED) is 0.855. The number of hydrogen-bond donors (Lipinski definition) is 1. The van der Waals surface area contributed by atoms with Gasteiger partial charge in [0.1, 0.15) is 0 Å². The van der Waals surface area contributed by atoms with E-state index in [2.05, 4.69) is 0 Å². The van der Waals surface area contributed by atoms with E-state index in [-0.39, 0.29) is 22.4 Å². The molecule has 1 aromatic heterocycles. The molecule has 0 unspecified atom stereocenters. The average Bonchev–Trinajstić information content (AvgIpc) is 3.20. The zero-order valence-corrected chi connectivity index (χ0v) is 16.9. The Balaban J connectivity index is 1.71. The Morgan fingerprint density at radius 2 is 1.89 bits per heavy atom. The van der Waals surface area contributed by atoms with Crippen molar-refractivity contribution in [3.63, 3.8) is 0 Å². The molecule has 4 rings (SSSR count). The number of rotatable bonds is 3. The van der Waals surface area contributed by atoms with Crippen LogP contribution >= 0.6 is 0 Å². The highest BCUT2D eigenvalue weighted by atomic mass is 32.2. The third kappa shape index (κ3) is 2.68. The van der Waals surface area contributed by atoms with Crippen molar-refractivity contribution in [1.29, 1.82) is 0 Å². The molecule has 27 heavy (non-hydrogen) atoms. The van der Waals surface area contributed by atoms with Crippen LogP contribution in [0.5, 0.6) is 0 Å². The first-order valence-electron chi connectivity index (χ1n) is 9.57. The molecule has 2 aliphatic rings. The van der Waals surface area contributed by atoms with Crippen LogP contribution in [0, 0.1) is 11.8 Å². The fraction of sp³-hybridized carbons (Fsp3) is 0.632. The van der Waals surface area contributed by atoms with E-state index in [1.165, 1.54) is 13.4 Å². The van der Waals surface area contributed by atoms with Crippen LogP contribution in [-0.2, 0) is 24.1 Å². The van der Waals surface area contributed by atoms with Gasteiger partial charge in [0.05, 0.1) is 21.5 Å². The van der Waals surface area contributed by atoms with Gasteiger partial charge in [0, 0.05) is 33.1 Å². The van der Waals surface area contributed by atoms with Gasteiger partial charge in [-0.25, -0.2) is 13.2 Å². The number of aliphatic hydroxyl groups is 1. The van der Waals surface area contributed by atoms with E-state index in [4.69, 9.17) is 0 Å². The minimum absolute atomic E-state index is 0.00385. The fourth-order valence-electron chi connectivity index (χ4n) is 5.02. The van der Waals surface area contributed by atoms with Crippen LogP contribution in [-0.4, -0.2) is 45.7 Å². The maximum Gasteiger partial charge on any atom is 0.328 e. The van der Waals surface area contributed by atoms with E-state index in [9.17, 15) is 18.3 Å². The number of imidazole rings is 1. The second kappa shape index (κ2) is 6.18. The number of aromatic nitrogens is 2. The van der Waals surface area contributed by atoms with Crippen LogP contribution in [0.3, 0.4) is 0 Å². The van der Waals surface area contributed by atoms with Crippen LogP contribution in [0.4, 0.5) is 0 Å². The van der Waals surface area contributed by atoms with E-state index >= 15 is 0 Å². The Kier molecular flexibility index (Phi) is 4.29. The number of aryl methyl sites for hydroxylation is 2. The van der Waals surface area contributed by atoms with Gasteiger partial charge in [-0.15, -0.1) is 0 Å². The van der Waals surface area contributed by atoms with Gasteiger partial charge < -0.3 is 5.11 Å². The molecule has 0 bridgehead atoms. The van der Waals surface area contributed by atoms with Crippen molar-refractivity contribution in [3.8, 4) is 0 Å². The number of hydrogen-bond acceptors (Lipinski definition) is 4. The highest BCUT2D eigenvalue weighted by Gasteiger charge is 2.50. The minimum Gasteiger partial charge on any atom is -0.390 e. The summed E-state index contributed by atoms with van der Waals surface area (Å²) in [5.74, 6) is 0.208. The van der Waals surface area contributed by atoms with E-state index in [1.807, 2.05) is 6.92 Å². The predicted octanol–water partition coefficient (Wildman–Crippen LogP) is 1.44. The summed E-state index contributed by atoms with van der Waals surface area (Å²) in [5.41, 5.74) is 0.363. The lowest BCUT2D eigenvalue weighted by Gasteiger charge is -2.40. The molecule has 7 nitrogen and oxygen atoms in total. The molecule has 1 aliphatic heterocycles. The van der Waals surface area contributed by atoms with Gasteiger partial charge >= 0.3 is 5.69 Å². The first kappa shape index (κ1) is 18.7. The fourth-order valence-corrected chi connectivity index (χ4v) is 6.56. The van der Waals surface area contributed by atoms with Gasteiger partial charge in [-0.2, -0.15) is 4.31 Å². The van der Waals surface area contributed by atoms with E-state index in [0.29, 0.717) is 30.5 Å². The normalized spacial score (nSPS) is 29.3. The minimum atomic E-state index is -3.67. The summed E-state index contributed by atoms with van der Waals surface area (Å²) in [6, 6.07) is 4.85. The second-order valence-electron chi connectivity index (χ2n) is 8.09. The molecule has 0 radical (unpaired) electrons. The summed E-state index contributed by atoms with van der Waals surface area (Å²) in [5, 5.41) is 11.0. The van der Waals surface area contributed by atoms with Crippen LogP contribution in [0.2, 0.25) is 0 Å². The number of benzene rings is 1. The summed E-state index contributed by atoms with van der Waals surface area (Å²) in [6.07, 6.45) is 3.31. The van der Waals surface area contributed by atoms with Crippen LogP contribution < -0.4 is 5.69 Å². The van der Waals surface area contributed by atoms with Crippen LogP contribution in [0.15, 0.2) is 27.9 Å². The number of nitrogens with zero attached hydrogens (tertiary/aromatic N) is 3. The van der Waals surface area contributed by atoms with Gasteiger partial charge in [0.2, 0.25) is 10.0 Å². The third-order valence-corrected chi connectivity index (χ3v) is 8.60. The van der Waals surface area contributed by atoms with Crippen molar-refractivity contribution in [2.45, 2.75) is 43.1 Å². The van der Waals surface area contributed by atoms with E-state index in [1.54, 1.807) is 32.3 Å². The standard InChI is InChI=1S/C19H27N3O4S/c1-4-19(24)9-5-6-13-11-22(12-15(13)19)27(25,26)14-7-8-16-17(10-14)21(3)18(23)20(16)2/h7-8,10,13,15,24H,4-6,9,11-12H2,1-3H3/t13-,15+,19-/m1/s1. The summed E-state index contributed by atoms with van der Waals surface area (Å²) >= 11 is 0. The largest absolute Gasteiger partial charge is 0.390 e. The lowest BCUT2D eigenvalue weighted by Crippen LogP contribution is -2.44. The van der Waals surface area contributed by atoms with Crippen molar-refractivity contribution in [2.75, 3.05) is 13.1 Å². The van der Waals surface area contributed by atoms with E-state index in [0.717, 1.165) is 19.3 Å². The van der Waals surface area contributed by atoms with Gasteiger partial charge in [-0.05, 0) is 43.4 Å². The average molecular weight is 394 g/mol. The molecular formula is C19H27N3O4S. The van der Waals surface area contributed by atoms with Crippen LogP contribution in [0.25, 0.3) is 11.0 Å². The molecule has 148 valence electrons. The molecule has 1 saturated carbocycles. The summed E-state index contributed by atoms with van der Waals surface area (Å²) in [4.78, 5) is 12.3. The molecule has 0 amide bonds. The highest BCUT2D eigenvalue weighted by molar-refractivity contribution is 7.89. The predicted molar refractivity (Wildman–Crippen MR) is 103 cm³/mol. The molecule has 1 aromatic carbocycles. The van der Waals surface area contributed by atoms with Gasteiger partial charge in [-0.1, -0.05) is 13.3 Å². The first-order chi connectivity index (χ1) is 12.7. The lowest BCUT2D eigenvalue weighted by molar-refractivity contribution is -0.0605. The zero-order chi connectivity index (χ0) is 19.6. The number of fused-ring (bicyclic) bond motifs is 2. The molecule has 3 atom stereocenters. The molecule has 2 aromatic rings. The van der Waals surface area contributed by atoms with Crippen molar-refractivity contribution in [1.82, 2.24) is 13.4 Å². The zero-order valence-electron chi connectivity index (χ0n) is 16.1. The number of sulfonamides is 1. The molecule has 2 heterocycles. The SMILES string of the molecule is CC[C@@]1(O)CCC[C@@H]2CN(S(=O)(=O)c3ccc4c(c3)n(C)c(=O)n4C)C[C@@H]21. The molecule has 1 aliphatic carbocycles. The molecule has 1 N–H and O–H groups in total. The van der Waals surface area contributed by atoms with Crippen molar-refractivity contribution in [3.05, 3.63) is 28.7 Å². The molecule has 1 saturated heterocycles. The Morgan fingerprint density at radius 1 is 1.19 bits per heavy atom. The molecular weight excluding hydrogens is 366 g/mol. The second-order valence-corrected chi connectivity index (χ2v) is 10.0. The maximum atomic E-state index is 13.3. The summed E-state index contributed by atoms with van der Waals surface area (Å²) in [6.45, 7) is 2.80. The molecule has 2 fully saturated rings. The topological polar surface area (TPSA) is 84.5 Å². The highest BCUT2D eigenvalue weighted by Crippen LogP contribution is 2.45. The first-order valence-corrected chi connectivity index (χ1v) is 11.0. The van der Waals surface area contributed by atoms with Crippen molar-refractivity contribution in [2.24, 2.45) is 25.9 Å². The molecule has 8 heteroatoms. The summed E-state index contributed by atoms with van der Waals surface area (Å²) in [7, 11) is -0.348. The smallest absolute Gasteiger partial charge is 0.328 e. The summed E-state index contributed by atoms with van der Waals surface area (Å²) < 4.78 is 31.0. The van der Waals surface area contributed by atoms with Crippen molar-refractivity contribution >= 4 is 21.1 Å². The van der Waals surface area contributed by atoms with Gasteiger partial charge in [-0.3, -0.25) is 9.13 Å². The van der Waals surface area contributed by atoms with Gasteiger partial charge in [0.25, 0.3) is 0 Å². The van der Waals surface area contributed by atoms with Crippen molar-refractivity contribution < 1.29 is 13.5 Å². The lowest BCUT2D eigenvalue weighted by atomic mass is 9.69. The Labute approximate surface area is 159 Å². The Bertz CT molecular complexity index is 1050. The maximum absolute atomic E-state index is 13.3. The molecule has 0 spiro atoms. The van der Waals surface area contributed by atoms with Gasteiger partial charge in [0.15, 0.2) is 0 Å². The third-order valence-electron chi connectivity index (χ3n) is 6.78.